The van der Waals surface area contributed by atoms with E-state index in [1.165, 1.54) is 18.5 Å². The number of hydrogen-bond acceptors (Lipinski definition) is 3. The van der Waals surface area contributed by atoms with E-state index in [1.54, 1.807) is 0 Å². The average molecular weight is 219 g/mol. The van der Waals surface area contributed by atoms with E-state index in [-0.39, 0.29) is 0 Å². The highest BCUT2D eigenvalue weighted by atomic mass is 15.1. The lowest BCUT2D eigenvalue weighted by molar-refractivity contribution is 0.395. The molecule has 0 atom stereocenters. The Hall–Kier alpha value is -0.960. The van der Waals surface area contributed by atoms with Gasteiger partial charge in [0.2, 0.25) is 0 Å². The van der Waals surface area contributed by atoms with Crippen molar-refractivity contribution in [2.24, 2.45) is 0 Å². The molecule has 0 saturated heterocycles. The molecule has 1 heterocycles. The van der Waals surface area contributed by atoms with Crippen molar-refractivity contribution < 1.29 is 0 Å². The predicted octanol–water partition coefficient (Wildman–Crippen LogP) is 2.54. The lowest BCUT2D eigenvalue weighted by Crippen LogP contribution is -2.14. The molecule has 0 N–H and O–H groups in total. The molecule has 0 radical (unpaired) electrons. The van der Waals surface area contributed by atoms with Crippen molar-refractivity contribution in [1.82, 2.24) is 14.9 Å². The van der Waals surface area contributed by atoms with Gasteiger partial charge in [0.1, 0.15) is 5.82 Å². The molecule has 0 spiro atoms. The summed E-state index contributed by atoms with van der Waals surface area (Å²) in [4.78, 5) is 11.5. The van der Waals surface area contributed by atoms with Gasteiger partial charge in [-0.05, 0) is 38.9 Å². The molecule has 3 heteroatoms. The summed E-state index contributed by atoms with van der Waals surface area (Å²) in [6.45, 7) is 5.29. The Balaban J connectivity index is 2.28. The van der Waals surface area contributed by atoms with Gasteiger partial charge in [-0.3, -0.25) is 0 Å². The van der Waals surface area contributed by atoms with Crippen molar-refractivity contribution in [2.45, 2.75) is 45.1 Å². The van der Waals surface area contributed by atoms with Crippen molar-refractivity contribution in [3.63, 3.8) is 0 Å². The lowest BCUT2D eigenvalue weighted by Gasteiger charge is -2.13. The van der Waals surface area contributed by atoms with Crippen molar-refractivity contribution >= 4 is 0 Å². The molecular weight excluding hydrogens is 198 g/mol. The fourth-order valence-electron chi connectivity index (χ4n) is 1.76. The third-order valence-corrected chi connectivity index (χ3v) is 2.83. The summed E-state index contributed by atoms with van der Waals surface area (Å²) in [6, 6.07) is 2.15. The largest absolute Gasteiger partial charge is 0.304 e. The number of hydrogen-bond donors (Lipinski definition) is 0. The molecule has 16 heavy (non-hydrogen) atoms. The van der Waals surface area contributed by atoms with E-state index >= 15 is 0 Å². The second-order valence-corrected chi connectivity index (χ2v) is 5.31. The molecule has 0 unspecified atom stereocenters. The first kappa shape index (κ1) is 11.5. The predicted molar refractivity (Wildman–Crippen MR) is 65.5 cm³/mol. The molecule has 1 aliphatic carbocycles. The smallest absolute Gasteiger partial charge is 0.132 e. The molecule has 1 aliphatic rings. The Morgan fingerprint density at radius 2 is 2.00 bits per heavy atom. The highest BCUT2D eigenvalue weighted by molar-refractivity contribution is 5.18. The van der Waals surface area contributed by atoms with Crippen molar-refractivity contribution in [3.8, 4) is 0 Å². The quantitative estimate of drug-likeness (QED) is 0.779. The number of rotatable bonds is 4. The van der Waals surface area contributed by atoms with Crippen LogP contribution >= 0.6 is 0 Å². The van der Waals surface area contributed by atoms with Gasteiger partial charge >= 0.3 is 0 Å². The molecule has 3 nitrogen and oxygen atoms in total. The summed E-state index contributed by atoms with van der Waals surface area (Å²) in [5.41, 5.74) is 2.35. The van der Waals surface area contributed by atoms with Crippen LogP contribution in [0.1, 0.15) is 55.7 Å². The van der Waals surface area contributed by atoms with E-state index in [4.69, 9.17) is 0 Å². The minimum atomic E-state index is 0.487. The molecule has 0 aromatic carbocycles. The lowest BCUT2D eigenvalue weighted by atomic mass is 10.1. The molecule has 1 fully saturated rings. The summed E-state index contributed by atoms with van der Waals surface area (Å²) in [5, 5.41) is 0. The molecule has 88 valence electrons. The van der Waals surface area contributed by atoms with Gasteiger partial charge in [0.15, 0.2) is 0 Å². The van der Waals surface area contributed by atoms with Crippen LogP contribution in [0.25, 0.3) is 0 Å². The number of nitrogens with zero attached hydrogens (tertiary/aromatic N) is 3. The van der Waals surface area contributed by atoms with Crippen LogP contribution in [-0.4, -0.2) is 29.0 Å². The van der Waals surface area contributed by atoms with Crippen molar-refractivity contribution in [3.05, 3.63) is 23.3 Å². The Kier molecular flexibility index (Phi) is 3.24. The molecule has 0 aliphatic heterocycles. The van der Waals surface area contributed by atoms with E-state index in [2.05, 4.69) is 48.9 Å². The van der Waals surface area contributed by atoms with Gasteiger partial charge in [-0.15, -0.1) is 0 Å². The zero-order valence-corrected chi connectivity index (χ0v) is 10.7. The van der Waals surface area contributed by atoms with Gasteiger partial charge in [0.05, 0.1) is 5.69 Å². The Morgan fingerprint density at radius 3 is 2.50 bits per heavy atom. The minimum absolute atomic E-state index is 0.487. The average Bonchev–Trinajstić information content (AvgIpc) is 2.98. The van der Waals surface area contributed by atoms with Gasteiger partial charge in [0, 0.05) is 18.2 Å². The Bertz CT molecular complexity index is 347. The SMILES string of the molecule is CC(C)c1cc(CN(C)C)nc(C2CC2)n1. The molecule has 0 bridgehead atoms. The highest BCUT2D eigenvalue weighted by Gasteiger charge is 2.27. The van der Waals surface area contributed by atoms with E-state index in [1.807, 2.05) is 0 Å². The van der Waals surface area contributed by atoms with Gasteiger partial charge in [-0.2, -0.15) is 0 Å². The van der Waals surface area contributed by atoms with Crippen LogP contribution in [0.4, 0.5) is 0 Å². The number of aromatic nitrogens is 2. The first-order valence-corrected chi connectivity index (χ1v) is 6.08. The van der Waals surface area contributed by atoms with Crippen LogP contribution in [0.15, 0.2) is 6.07 Å². The van der Waals surface area contributed by atoms with Gasteiger partial charge in [-0.1, -0.05) is 13.8 Å². The summed E-state index contributed by atoms with van der Waals surface area (Å²) >= 11 is 0. The zero-order chi connectivity index (χ0) is 11.7. The highest BCUT2D eigenvalue weighted by Crippen LogP contribution is 2.38. The van der Waals surface area contributed by atoms with Crippen LogP contribution < -0.4 is 0 Å². The molecule has 1 aromatic heterocycles. The van der Waals surface area contributed by atoms with Gasteiger partial charge < -0.3 is 4.90 Å². The monoisotopic (exact) mass is 219 g/mol. The van der Waals surface area contributed by atoms with E-state index in [9.17, 15) is 0 Å². The normalized spacial score (nSPS) is 16.1. The molecule has 1 aromatic rings. The second-order valence-electron chi connectivity index (χ2n) is 5.31. The standard InChI is InChI=1S/C13H21N3/c1-9(2)12-7-11(8-16(3)4)14-13(15-12)10-5-6-10/h7,9-10H,5-6,8H2,1-4H3. The fourth-order valence-corrected chi connectivity index (χ4v) is 1.76. The van der Waals surface area contributed by atoms with E-state index in [0.717, 1.165) is 18.1 Å². The summed E-state index contributed by atoms with van der Waals surface area (Å²) in [7, 11) is 4.15. The summed E-state index contributed by atoms with van der Waals surface area (Å²) in [5.74, 6) is 2.20. The third-order valence-electron chi connectivity index (χ3n) is 2.83. The van der Waals surface area contributed by atoms with Gasteiger partial charge in [0.25, 0.3) is 0 Å². The van der Waals surface area contributed by atoms with Crippen LogP contribution in [0.5, 0.6) is 0 Å². The topological polar surface area (TPSA) is 29.0 Å². The van der Waals surface area contributed by atoms with Crippen LogP contribution in [-0.2, 0) is 6.54 Å². The minimum Gasteiger partial charge on any atom is -0.304 e. The third kappa shape index (κ3) is 2.79. The van der Waals surface area contributed by atoms with Crippen LogP contribution in [0, 0.1) is 0 Å². The Labute approximate surface area is 97.9 Å². The fraction of sp³-hybridized carbons (Fsp3) is 0.692. The first-order chi connectivity index (χ1) is 7.56. The summed E-state index contributed by atoms with van der Waals surface area (Å²) in [6.07, 6.45) is 2.53. The first-order valence-electron chi connectivity index (χ1n) is 6.08. The molecular formula is C13H21N3. The van der Waals surface area contributed by atoms with E-state index < -0.39 is 0 Å². The van der Waals surface area contributed by atoms with Gasteiger partial charge in [-0.25, -0.2) is 9.97 Å². The van der Waals surface area contributed by atoms with Crippen molar-refractivity contribution in [2.75, 3.05) is 14.1 Å². The van der Waals surface area contributed by atoms with Crippen molar-refractivity contribution in [1.29, 1.82) is 0 Å². The molecule has 0 amide bonds. The molecule has 2 rings (SSSR count). The molecule has 1 saturated carbocycles. The van der Waals surface area contributed by atoms with Crippen LogP contribution in [0.2, 0.25) is 0 Å². The zero-order valence-electron chi connectivity index (χ0n) is 10.7. The maximum absolute atomic E-state index is 4.67. The Morgan fingerprint density at radius 1 is 1.31 bits per heavy atom. The maximum Gasteiger partial charge on any atom is 0.132 e. The van der Waals surface area contributed by atoms with Crippen LogP contribution in [0.3, 0.4) is 0 Å². The summed E-state index contributed by atoms with van der Waals surface area (Å²) < 4.78 is 0. The maximum atomic E-state index is 4.67. The second kappa shape index (κ2) is 4.50. The van der Waals surface area contributed by atoms with E-state index in [0.29, 0.717) is 11.8 Å².